The van der Waals surface area contributed by atoms with Crippen LogP contribution in [0.5, 0.6) is 11.5 Å². The smallest absolute Gasteiger partial charge is 0.244 e. The molecule has 0 saturated heterocycles. The van der Waals surface area contributed by atoms with Gasteiger partial charge in [0.15, 0.2) is 0 Å². The molecule has 1 amide bonds. The van der Waals surface area contributed by atoms with E-state index in [9.17, 15) is 4.79 Å². The van der Waals surface area contributed by atoms with Crippen molar-refractivity contribution in [1.29, 1.82) is 0 Å². The van der Waals surface area contributed by atoms with Crippen LogP contribution in [-0.4, -0.2) is 48.6 Å². The van der Waals surface area contributed by atoms with E-state index in [2.05, 4.69) is 22.1 Å². The molecule has 0 spiro atoms. The molecule has 1 unspecified atom stereocenters. The van der Waals surface area contributed by atoms with Gasteiger partial charge in [-0.05, 0) is 42.8 Å². The number of para-hydroxylation sites is 1. The summed E-state index contributed by atoms with van der Waals surface area (Å²) in [4.78, 5) is 19.1. The van der Waals surface area contributed by atoms with E-state index in [4.69, 9.17) is 9.47 Å². The van der Waals surface area contributed by atoms with Crippen molar-refractivity contribution in [3.05, 3.63) is 59.1 Å². The lowest BCUT2D eigenvalue weighted by Crippen LogP contribution is -2.38. The van der Waals surface area contributed by atoms with Gasteiger partial charge < -0.3 is 14.8 Å². The molecule has 1 atom stereocenters. The molecule has 1 aliphatic heterocycles. The first-order chi connectivity index (χ1) is 15.1. The molecule has 1 aromatic heterocycles. The average molecular weight is 438 g/mol. The second kappa shape index (κ2) is 9.94. The molecule has 0 radical (unpaired) electrons. The maximum Gasteiger partial charge on any atom is 0.244 e. The van der Waals surface area contributed by atoms with Crippen LogP contribution in [0.1, 0.15) is 23.9 Å². The Labute approximate surface area is 186 Å². The van der Waals surface area contributed by atoms with Gasteiger partial charge in [-0.1, -0.05) is 19.1 Å². The zero-order valence-electron chi connectivity index (χ0n) is 17.8. The lowest BCUT2D eigenvalue weighted by Gasteiger charge is -2.23. The van der Waals surface area contributed by atoms with E-state index in [-0.39, 0.29) is 12.0 Å². The number of nitrogens with one attached hydrogen (secondary N) is 1. The lowest BCUT2D eigenvalue weighted by atomic mass is 10.2. The van der Waals surface area contributed by atoms with E-state index in [1.165, 1.54) is 0 Å². The minimum Gasteiger partial charge on any atom is -0.497 e. The van der Waals surface area contributed by atoms with Gasteiger partial charge in [-0.25, -0.2) is 4.98 Å². The topological polar surface area (TPSA) is 63.7 Å². The van der Waals surface area contributed by atoms with Crippen LogP contribution in [0.3, 0.4) is 0 Å². The Morgan fingerprint density at radius 1 is 1.35 bits per heavy atom. The normalized spacial score (nSPS) is 16.6. The zero-order chi connectivity index (χ0) is 21.6. The molecule has 2 heterocycles. The fourth-order valence-electron chi connectivity index (χ4n) is 3.62. The number of amides is 1. The molecular weight excluding hydrogens is 410 g/mol. The van der Waals surface area contributed by atoms with E-state index in [0.717, 1.165) is 58.3 Å². The van der Waals surface area contributed by atoms with Gasteiger partial charge in [-0.3, -0.25) is 9.69 Å². The van der Waals surface area contributed by atoms with Crippen molar-refractivity contribution in [2.75, 3.05) is 26.7 Å². The van der Waals surface area contributed by atoms with Gasteiger partial charge in [0.25, 0.3) is 0 Å². The number of benzene rings is 2. The van der Waals surface area contributed by atoms with Gasteiger partial charge in [0, 0.05) is 37.8 Å². The predicted octanol–water partition coefficient (Wildman–Crippen LogP) is 4.11. The lowest BCUT2D eigenvalue weighted by molar-refractivity contribution is -0.116. The van der Waals surface area contributed by atoms with Crippen LogP contribution < -0.4 is 14.8 Å². The Morgan fingerprint density at radius 3 is 3.03 bits per heavy atom. The maximum absolute atomic E-state index is 12.3. The molecule has 0 aliphatic carbocycles. The van der Waals surface area contributed by atoms with Crippen LogP contribution in [0.4, 0.5) is 0 Å². The molecule has 0 fully saturated rings. The van der Waals surface area contributed by atoms with Gasteiger partial charge in [-0.2, -0.15) is 0 Å². The highest BCUT2D eigenvalue weighted by atomic mass is 32.1. The standard InChI is InChI=1S/C24H27N3O3S/c1-3-18-16-27(15-17-14-19(29-2)8-9-21(17)30-18)13-12-25-23(28)10-11-24-26-20-6-4-5-7-22(20)31-24/h4-11,14,18H,3,12-13,15-16H2,1-2H3,(H,25,28). The number of rotatable bonds is 7. The number of hydrogen-bond donors (Lipinski definition) is 1. The molecule has 1 aliphatic rings. The van der Waals surface area contributed by atoms with E-state index in [1.54, 1.807) is 30.6 Å². The van der Waals surface area contributed by atoms with Crippen LogP contribution in [0.25, 0.3) is 16.3 Å². The third-order valence-corrected chi connectivity index (χ3v) is 6.29. The SMILES string of the molecule is CCC1CN(CCNC(=O)C=Cc2nc3ccccc3s2)Cc2cc(OC)ccc2O1. The van der Waals surface area contributed by atoms with Gasteiger partial charge >= 0.3 is 0 Å². The first-order valence-corrected chi connectivity index (χ1v) is 11.3. The summed E-state index contributed by atoms with van der Waals surface area (Å²) in [7, 11) is 1.67. The number of thiazole rings is 1. The summed E-state index contributed by atoms with van der Waals surface area (Å²) in [5.41, 5.74) is 2.07. The number of ether oxygens (including phenoxy) is 2. The van der Waals surface area contributed by atoms with Crippen molar-refractivity contribution >= 4 is 33.5 Å². The Morgan fingerprint density at radius 2 is 2.23 bits per heavy atom. The van der Waals surface area contributed by atoms with Crippen molar-refractivity contribution in [2.45, 2.75) is 26.0 Å². The number of aromatic nitrogens is 1. The number of carbonyl (C=O) groups is 1. The molecule has 0 bridgehead atoms. The predicted molar refractivity (Wildman–Crippen MR) is 125 cm³/mol. The second-order valence-electron chi connectivity index (χ2n) is 7.50. The monoisotopic (exact) mass is 437 g/mol. The Hall–Kier alpha value is -2.90. The number of methoxy groups -OCH3 is 1. The number of fused-ring (bicyclic) bond motifs is 2. The first kappa shape index (κ1) is 21.3. The third-order valence-electron chi connectivity index (χ3n) is 5.29. The Kier molecular flexibility index (Phi) is 6.84. The highest BCUT2D eigenvalue weighted by Crippen LogP contribution is 2.29. The minimum atomic E-state index is -0.112. The Balaban J connectivity index is 1.32. The van der Waals surface area contributed by atoms with Crippen LogP contribution >= 0.6 is 11.3 Å². The van der Waals surface area contributed by atoms with Crippen molar-refractivity contribution in [2.24, 2.45) is 0 Å². The zero-order valence-corrected chi connectivity index (χ0v) is 18.7. The molecule has 31 heavy (non-hydrogen) atoms. The minimum absolute atomic E-state index is 0.112. The van der Waals surface area contributed by atoms with Gasteiger partial charge in [0.1, 0.15) is 22.6 Å². The van der Waals surface area contributed by atoms with Crippen molar-refractivity contribution in [3.8, 4) is 11.5 Å². The average Bonchev–Trinajstić information content (AvgIpc) is 3.12. The summed E-state index contributed by atoms with van der Waals surface area (Å²) in [5.74, 6) is 1.63. The van der Waals surface area contributed by atoms with E-state index >= 15 is 0 Å². The summed E-state index contributed by atoms with van der Waals surface area (Å²) in [6, 6.07) is 13.9. The molecule has 4 rings (SSSR count). The molecule has 6 nitrogen and oxygen atoms in total. The molecule has 1 N–H and O–H groups in total. The number of carbonyl (C=O) groups excluding carboxylic acids is 1. The Bertz CT molecular complexity index is 1050. The van der Waals surface area contributed by atoms with Gasteiger partial charge in [0.2, 0.25) is 5.91 Å². The summed E-state index contributed by atoms with van der Waals surface area (Å²) in [5, 5.41) is 3.81. The summed E-state index contributed by atoms with van der Waals surface area (Å²) < 4.78 is 12.7. The highest BCUT2D eigenvalue weighted by molar-refractivity contribution is 7.19. The molecule has 7 heteroatoms. The number of nitrogens with zero attached hydrogens (tertiary/aromatic N) is 2. The third kappa shape index (κ3) is 5.42. The van der Waals surface area contributed by atoms with Crippen LogP contribution in [0.15, 0.2) is 48.5 Å². The van der Waals surface area contributed by atoms with Gasteiger partial charge in [0.05, 0.1) is 17.3 Å². The van der Waals surface area contributed by atoms with E-state index < -0.39 is 0 Å². The van der Waals surface area contributed by atoms with Crippen molar-refractivity contribution in [3.63, 3.8) is 0 Å². The maximum atomic E-state index is 12.3. The van der Waals surface area contributed by atoms with Crippen LogP contribution in [0, 0.1) is 0 Å². The fourth-order valence-corrected chi connectivity index (χ4v) is 4.49. The van der Waals surface area contributed by atoms with Gasteiger partial charge in [-0.15, -0.1) is 11.3 Å². The first-order valence-electron chi connectivity index (χ1n) is 10.5. The second-order valence-corrected chi connectivity index (χ2v) is 8.56. The van der Waals surface area contributed by atoms with Crippen molar-refractivity contribution in [1.82, 2.24) is 15.2 Å². The molecule has 162 valence electrons. The fraction of sp³-hybridized carbons (Fsp3) is 0.333. The largest absolute Gasteiger partial charge is 0.497 e. The quantitative estimate of drug-likeness (QED) is 0.564. The summed E-state index contributed by atoms with van der Waals surface area (Å²) in [6.45, 7) is 5.04. The van der Waals surface area contributed by atoms with E-state index in [1.807, 2.05) is 42.5 Å². The molecule has 3 aromatic rings. The van der Waals surface area contributed by atoms with E-state index in [0.29, 0.717) is 6.54 Å². The molecular formula is C24H27N3O3S. The van der Waals surface area contributed by atoms with Crippen molar-refractivity contribution < 1.29 is 14.3 Å². The summed E-state index contributed by atoms with van der Waals surface area (Å²) >= 11 is 1.58. The van der Waals surface area contributed by atoms with Crippen LogP contribution in [0.2, 0.25) is 0 Å². The molecule has 0 saturated carbocycles. The van der Waals surface area contributed by atoms with Crippen LogP contribution in [-0.2, 0) is 11.3 Å². The molecule has 2 aromatic carbocycles. The summed E-state index contributed by atoms with van der Waals surface area (Å²) in [6.07, 6.45) is 4.39. The highest BCUT2D eigenvalue weighted by Gasteiger charge is 2.22. The number of hydrogen-bond acceptors (Lipinski definition) is 6.